The first-order valence-corrected chi connectivity index (χ1v) is 13.5. The van der Waals surface area contributed by atoms with E-state index in [1.807, 2.05) is 44.2 Å². The minimum Gasteiger partial charge on any atom is -0.505 e. The van der Waals surface area contributed by atoms with Gasteiger partial charge in [-0.05, 0) is 47.4 Å². The zero-order valence-corrected chi connectivity index (χ0v) is 22.7. The number of rotatable bonds is 5. The van der Waals surface area contributed by atoms with Crippen molar-refractivity contribution in [1.82, 2.24) is 0 Å². The Kier molecular flexibility index (Phi) is 7.02. The van der Waals surface area contributed by atoms with Gasteiger partial charge in [-0.3, -0.25) is 24.0 Å². The van der Waals surface area contributed by atoms with Gasteiger partial charge in [0.05, 0.1) is 23.7 Å². The number of hydrogen-bond acceptors (Lipinski definition) is 8. The second kappa shape index (κ2) is 10.2. The molecular weight excluding hydrogens is 528 g/mol. The Morgan fingerprint density at radius 2 is 1.78 bits per heavy atom. The van der Waals surface area contributed by atoms with Crippen molar-refractivity contribution < 1.29 is 34.2 Å². The van der Waals surface area contributed by atoms with Gasteiger partial charge in [0.2, 0.25) is 5.91 Å². The highest BCUT2D eigenvalue weighted by atomic mass is 16.3. The van der Waals surface area contributed by atoms with Crippen LogP contribution in [0.4, 0.5) is 5.69 Å². The molecule has 0 radical (unpaired) electrons. The Bertz CT molecular complexity index is 1520. The van der Waals surface area contributed by atoms with Crippen LogP contribution < -0.4 is 16.8 Å². The van der Waals surface area contributed by atoms with Crippen LogP contribution in [-0.4, -0.2) is 50.8 Å². The number of aliphatic hydroxyl groups is 1. The Balaban J connectivity index is 1.53. The van der Waals surface area contributed by atoms with Crippen LogP contribution in [-0.2, 0) is 32.1 Å². The summed E-state index contributed by atoms with van der Waals surface area (Å²) >= 11 is 0. The van der Waals surface area contributed by atoms with E-state index in [4.69, 9.17) is 11.5 Å². The largest absolute Gasteiger partial charge is 0.505 e. The van der Waals surface area contributed by atoms with Crippen molar-refractivity contribution in [3.63, 3.8) is 0 Å². The molecule has 0 heterocycles. The number of anilines is 1. The third-order valence-corrected chi connectivity index (χ3v) is 8.60. The average molecular weight is 561 g/mol. The van der Waals surface area contributed by atoms with E-state index in [1.165, 1.54) is 0 Å². The van der Waals surface area contributed by atoms with Gasteiger partial charge in [-0.15, -0.1) is 0 Å². The summed E-state index contributed by atoms with van der Waals surface area (Å²) in [5, 5.41) is 25.5. The number of aromatic hydroxyl groups is 1. The topological polar surface area (TPSA) is 202 Å². The van der Waals surface area contributed by atoms with Crippen molar-refractivity contribution in [3.05, 3.63) is 58.7 Å². The molecule has 2 fully saturated rings. The smallest absolute Gasteiger partial charge is 0.235 e. The predicted octanol–water partition coefficient (Wildman–Crippen LogP) is 1.38. The molecule has 0 spiro atoms. The monoisotopic (exact) mass is 560 g/mol. The van der Waals surface area contributed by atoms with Gasteiger partial charge in [0, 0.05) is 12.3 Å². The van der Waals surface area contributed by atoms with Gasteiger partial charge in [-0.25, -0.2) is 4.99 Å². The lowest BCUT2D eigenvalue weighted by molar-refractivity contribution is -0.175. The molecule has 3 aliphatic carbocycles. The maximum atomic E-state index is 14.0. The molecule has 11 nitrogen and oxygen atoms in total. The summed E-state index contributed by atoms with van der Waals surface area (Å²) in [6.45, 7) is 4.13. The van der Waals surface area contributed by atoms with E-state index >= 15 is 0 Å². The van der Waals surface area contributed by atoms with E-state index in [2.05, 4.69) is 10.3 Å². The maximum absolute atomic E-state index is 14.0. The Morgan fingerprint density at radius 3 is 2.41 bits per heavy atom. The molecule has 3 aliphatic rings. The lowest BCUT2D eigenvalue weighted by atomic mass is 9.53. The van der Waals surface area contributed by atoms with Crippen molar-refractivity contribution in [2.24, 2.45) is 40.1 Å². The average Bonchev–Trinajstić information content (AvgIpc) is 2.91. The Morgan fingerprint density at radius 1 is 1.10 bits per heavy atom. The number of ketones is 4. The number of benzene rings is 2. The number of primary amides is 1. The summed E-state index contributed by atoms with van der Waals surface area (Å²) in [5.74, 6) is -10.6. The summed E-state index contributed by atoms with van der Waals surface area (Å²) < 4.78 is 0. The number of nitrogens with one attached hydrogen (secondary N) is 1. The normalized spacial score (nSPS) is 27.8. The zero-order chi connectivity index (χ0) is 29.8. The number of carbonyl (C=O) groups is 5. The second-order valence-corrected chi connectivity index (χ2v) is 11.4. The first-order valence-electron chi connectivity index (χ1n) is 13.5. The van der Waals surface area contributed by atoms with E-state index < -0.39 is 64.1 Å². The lowest BCUT2D eigenvalue weighted by Gasteiger charge is -2.48. The van der Waals surface area contributed by atoms with Crippen LogP contribution >= 0.6 is 0 Å². The molecule has 2 aromatic rings. The van der Waals surface area contributed by atoms with Crippen molar-refractivity contribution in [2.75, 3.05) is 5.32 Å². The van der Waals surface area contributed by atoms with Crippen LogP contribution in [0.5, 0.6) is 5.75 Å². The molecule has 7 N–H and O–H groups in total. The number of nitrogens with zero attached hydrogens (tertiary/aromatic N) is 1. The molecule has 2 aromatic carbocycles. The van der Waals surface area contributed by atoms with Gasteiger partial charge in [-0.2, -0.15) is 0 Å². The number of guanidine groups is 1. The van der Waals surface area contributed by atoms with E-state index in [9.17, 15) is 34.2 Å². The number of hydrogen-bond donors (Lipinski definition) is 5. The van der Waals surface area contributed by atoms with Gasteiger partial charge in [0.15, 0.2) is 40.6 Å². The number of nitrogens with two attached hydrogens (primary N) is 2. The number of amides is 1. The van der Waals surface area contributed by atoms with Crippen molar-refractivity contribution in [2.45, 2.75) is 51.2 Å². The molecule has 0 aromatic heterocycles. The zero-order valence-electron chi connectivity index (χ0n) is 22.7. The third-order valence-electron chi connectivity index (χ3n) is 8.60. The summed E-state index contributed by atoms with van der Waals surface area (Å²) in [6.07, 6.45) is -0.123. The molecule has 2 saturated carbocycles. The van der Waals surface area contributed by atoms with Crippen LogP contribution in [0, 0.1) is 23.7 Å². The van der Waals surface area contributed by atoms with Gasteiger partial charge >= 0.3 is 0 Å². The molecule has 0 saturated heterocycles. The van der Waals surface area contributed by atoms with E-state index in [0.29, 0.717) is 5.56 Å². The van der Waals surface area contributed by atoms with Crippen molar-refractivity contribution in [3.8, 4) is 5.75 Å². The molecule has 5 rings (SSSR count). The fourth-order valence-electron chi connectivity index (χ4n) is 6.61. The fraction of sp³-hybridized carbons (Fsp3) is 0.400. The van der Waals surface area contributed by atoms with E-state index in [0.717, 1.165) is 11.1 Å². The highest BCUT2D eigenvalue weighted by Crippen LogP contribution is 2.51. The standard InChI is InChI=1S/C30H32N4O7/c1-13(2)17-11-19(34-29(32)33-12-14-6-4-3-5-7-14)24(36)22-18(17)9-15-8-16-10-20(35)23(28(31)40)27(39)30(16,41)26(38)21(15)25(22)37/h3-7,11,13,15-16,21,23,36,41H,8-10,12H2,1-2H3,(H2,31,40)(H3,32,33,34)/t15-,16+,21?,23?,30+/m1/s1. The molecule has 214 valence electrons. The highest BCUT2D eigenvalue weighted by Gasteiger charge is 2.66. The van der Waals surface area contributed by atoms with Crippen LogP contribution in [0.25, 0.3) is 0 Å². The number of carbonyl (C=O) groups excluding carboxylic acids is 5. The van der Waals surface area contributed by atoms with Crippen molar-refractivity contribution >= 4 is 40.7 Å². The van der Waals surface area contributed by atoms with Gasteiger partial charge < -0.3 is 27.0 Å². The number of fused-ring (bicyclic) bond motifs is 3. The molecule has 5 atom stereocenters. The predicted molar refractivity (Wildman–Crippen MR) is 148 cm³/mol. The minimum absolute atomic E-state index is 0.000743. The second-order valence-electron chi connectivity index (χ2n) is 11.4. The van der Waals surface area contributed by atoms with Crippen LogP contribution in [0.2, 0.25) is 0 Å². The Labute approximate surface area is 236 Å². The molecular formula is C30H32N4O7. The maximum Gasteiger partial charge on any atom is 0.235 e. The molecule has 2 unspecified atom stereocenters. The highest BCUT2D eigenvalue weighted by molar-refractivity contribution is 6.31. The number of Topliss-reactive ketones (excluding diaryl/α,β-unsaturated/α-hetero) is 4. The van der Waals surface area contributed by atoms with E-state index in [-0.39, 0.29) is 48.9 Å². The summed E-state index contributed by atoms with van der Waals surface area (Å²) in [5.41, 5.74) is 10.9. The molecule has 41 heavy (non-hydrogen) atoms. The van der Waals surface area contributed by atoms with Crippen LogP contribution in [0.1, 0.15) is 59.7 Å². The first-order chi connectivity index (χ1) is 19.4. The third kappa shape index (κ3) is 4.50. The van der Waals surface area contributed by atoms with Crippen molar-refractivity contribution in [1.29, 1.82) is 0 Å². The first kappa shape index (κ1) is 28.2. The molecule has 0 bridgehead atoms. The molecule has 11 heteroatoms. The minimum atomic E-state index is -2.69. The fourth-order valence-corrected chi connectivity index (χ4v) is 6.61. The summed E-state index contributed by atoms with van der Waals surface area (Å²) in [4.78, 5) is 69.5. The van der Waals surface area contributed by atoms with E-state index in [1.54, 1.807) is 6.07 Å². The SMILES string of the molecule is CC(C)c1cc(NC(N)=NCc2ccccc2)c(O)c2c1C[C@H]1C[C@H]3CC(=O)C(C(N)=O)C(=O)[C@@]3(O)C(=O)C1C2=O. The van der Waals surface area contributed by atoms with Crippen LogP contribution in [0.15, 0.2) is 41.4 Å². The van der Waals surface area contributed by atoms with Gasteiger partial charge in [-0.1, -0.05) is 44.2 Å². The number of phenols is 1. The summed E-state index contributed by atoms with van der Waals surface area (Å²) in [6, 6.07) is 11.1. The lowest BCUT2D eigenvalue weighted by Crippen LogP contribution is -2.68. The molecule has 1 amide bonds. The Hall–Kier alpha value is -4.38. The van der Waals surface area contributed by atoms with Gasteiger partial charge in [0.25, 0.3) is 0 Å². The summed E-state index contributed by atoms with van der Waals surface area (Å²) in [7, 11) is 0. The quantitative estimate of drug-likeness (QED) is 0.155. The van der Waals surface area contributed by atoms with Gasteiger partial charge in [0.1, 0.15) is 5.75 Å². The number of aliphatic imine (C=N–C) groups is 1. The molecule has 0 aliphatic heterocycles. The number of phenolic OH excluding ortho intramolecular Hbond substituents is 1. The van der Waals surface area contributed by atoms with Crippen LogP contribution in [0.3, 0.4) is 0 Å².